The second kappa shape index (κ2) is 6.33. The first-order chi connectivity index (χ1) is 12.2. The molecule has 2 heterocycles. The zero-order valence-corrected chi connectivity index (χ0v) is 14.7. The zero-order valence-electron chi connectivity index (χ0n) is 13.9. The second-order valence-electron chi connectivity index (χ2n) is 5.86. The van der Waals surface area contributed by atoms with Crippen molar-refractivity contribution in [2.75, 3.05) is 12.4 Å². The van der Waals surface area contributed by atoms with Gasteiger partial charge in [0.15, 0.2) is 0 Å². The Hall–Kier alpha value is -2.66. The molecule has 0 spiro atoms. The quantitative estimate of drug-likeness (QED) is 0.712. The first-order valence-corrected chi connectivity index (χ1v) is 8.85. The van der Waals surface area contributed by atoms with Gasteiger partial charge in [-0.15, -0.1) is 11.8 Å². The minimum Gasteiger partial charge on any atom is -0.497 e. The molecule has 0 bridgehead atoms. The fourth-order valence-electron chi connectivity index (χ4n) is 2.99. The van der Waals surface area contributed by atoms with Gasteiger partial charge >= 0.3 is 5.63 Å². The van der Waals surface area contributed by atoms with Gasteiger partial charge in [0.2, 0.25) is 0 Å². The summed E-state index contributed by atoms with van der Waals surface area (Å²) in [5.41, 5.74) is 3.16. The number of nitrogens with one attached hydrogen (secondary N) is 1. The summed E-state index contributed by atoms with van der Waals surface area (Å²) in [5, 5.41) is 3.24. The smallest absolute Gasteiger partial charge is 0.342 e. The van der Waals surface area contributed by atoms with Crippen molar-refractivity contribution >= 4 is 23.1 Å². The number of para-hydroxylation sites is 1. The molecule has 0 saturated carbocycles. The Labute approximate surface area is 149 Å². The molecule has 0 unspecified atom stereocenters. The molecule has 4 nitrogen and oxygen atoms in total. The van der Waals surface area contributed by atoms with Gasteiger partial charge in [-0.25, -0.2) is 4.79 Å². The van der Waals surface area contributed by atoms with Gasteiger partial charge in [-0.3, -0.25) is 0 Å². The van der Waals surface area contributed by atoms with E-state index in [1.54, 1.807) is 25.8 Å². The summed E-state index contributed by atoms with van der Waals surface area (Å²) in [6.45, 7) is 1.79. The third kappa shape index (κ3) is 2.91. The molecule has 2 aromatic carbocycles. The lowest BCUT2D eigenvalue weighted by atomic mass is 10.0. The SMILES string of the molecule is COc1ccc([C@@H]2Sc3ccccc3Nc3cc(C)oc(=O)c32)cc1. The van der Waals surface area contributed by atoms with Gasteiger partial charge < -0.3 is 14.5 Å². The molecule has 0 aliphatic carbocycles. The van der Waals surface area contributed by atoms with E-state index in [4.69, 9.17) is 9.15 Å². The van der Waals surface area contributed by atoms with E-state index in [1.165, 1.54) is 0 Å². The van der Waals surface area contributed by atoms with Gasteiger partial charge in [-0.1, -0.05) is 24.3 Å². The first kappa shape index (κ1) is 15.8. The average Bonchev–Trinajstić information content (AvgIpc) is 2.78. The van der Waals surface area contributed by atoms with Crippen LogP contribution in [0.2, 0.25) is 0 Å². The Bertz CT molecular complexity index is 979. The van der Waals surface area contributed by atoms with Crippen LogP contribution in [-0.2, 0) is 0 Å². The molecule has 0 saturated heterocycles. The van der Waals surface area contributed by atoms with Crippen molar-refractivity contribution in [1.29, 1.82) is 0 Å². The number of hydrogen-bond donors (Lipinski definition) is 1. The molecule has 4 rings (SSSR count). The molecular weight excluding hydrogens is 334 g/mol. The van der Waals surface area contributed by atoms with Crippen molar-refractivity contribution in [3.8, 4) is 5.75 Å². The number of fused-ring (bicyclic) bond motifs is 2. The van der Waals surface area contributed by atoms with Crippen LogP contribution in [0.4, 0.5) is 11.4 Å². The van der Waals surface area contributed by atoms with Crippen molar-refractivity contribution < 1.29 is 9.15 Å². The van der Waals surface area contributed by atoms with E-state index in [1.807, 2.05) is 48.5 Å². The first-order valence-electron chi connectivity index (χ1n) is 7.97. The number of hydrogen-bond acceptors (Lipinski definition) is 5. The normalized spacial score (nSPS) is 15.5. The van der Waals surface area contributed by atoms with Gasteiger partial charge in [0, 0.05) is 11.0 Å². The summed E-state index contributed by atoms with van der Waals surface area (Å²) >= 11 is 1.64. The van der Waals surface area contributed by atoms with E-state index >= 15 is 0 Å². The van der Waals surface area contributed by atoms with Crippen LogP contribution in [0.15, 0.2) is 68.7 Å². The summed E-state index contributed by atoms with van der Waals surface area (Å²) in [6.07, 6.45) is 0. The van der Waals surface area contributed by atoms with Crippen LogP contribution in [0.1, 0.15) is 22.1 Å². The van der Waals surface area contributed by atoms with Crippen molar-refractivity contribution in [3.63, 3.8) is 0 Å². The zero-order chi connectivity index (χ0) is 17.4. The summed E-state index contributed by atoms with van der Waals surface area (Å²) in [4.78, 5) is 13.7. The van der Waals surface area contributed by atoms with E-state index in [0.717, 1.165) is 27.6 Å². The van der Waals surface area contributed by atoms with Gasteiger partial charge in [0.1, 0.15) is 11.5 Å². The largest absolute Gasteiger partial charge is 0.497 e. The number of anilines is 2. The van der Waals surface area contributed by atoms with Crippen LogP contribution in [-0.4, -0.2) is 7.11 Å². The molecule has 0 radical (unpaired) electrons. The summed E-state index contributed by atoms with van der Waals surface area (Å²) in [5.74, 6) is 1.38. The number of benzene rings is 2. The van der Waals surface area contributed by atoms with Crippen LogP contribution in [0, 0.1) is 6.92 Å². The number of thioether (sulfide) groups is 1. The Morgan fingerprint density at radius 3 is 2.60 bits per heavy atom. The average molecular weight is 351 g/mol. The maximum atomic E-state index is 12.7. The van der Waals surface area contributed by atoms with Gasteiger partial charge in [0.25, 0.3) is 0 Å². The van der Waals surface area contributed by atoms with Gasteiger partial charge in [-0.05, 0) is 36.8 Å². The molecule has 1 atom stereocenters. The highest BCUT2D eigenvalue weighted by Crippen LogP contribution is 2.48. The highest BCUT2D eigenvalue weighted by Gasteiger charge is 2.28. The number of rotatable bonds is 2. The molecule has 25 heavy (non-hydrogen) atoms. The minimum absolute atomic E-state index is 0.158. The number of aryl methyl sites for hydroxylation is 1. The fourth-order valence-corrected chi connectivity index (χ4v) is 4.28. The Balaban J connectivity index is 1.92. The molecule has 1 aromatic heterocycles. The van der Waals surface area contributed by atoms with Crippen molar-refractivity contribution in [2.45, 2.75) is 17.1 Å². The predicted molar refractivity (Wildman–Crippen MR) is 100 cm³/mol. The Kier molecular flexibility index (Phi) is 4.01. The third-order valence-corrected chi connectivity index (χ3v) is 5.55. The molecule has 0 fully saturated rings. The minimum atomic E-state index is -0.302. The van der Waals surface area contributed by atoms with E-state index in [9.17, 15) is 4.79 Å². The summed E-state index contributed by atoms with van der Waals surface area (Å²) in [7, 11) is 1.64. The molecule has 0 amide bonds. The lowest BCUT2D eigenvalue weighted by Crippen LogP contribution is -2.14. The lowest BCUT2D eigenvalue weighted by Gasteiger charge is -2.16. The van der Waals surface area contributed by atoms with Crippen LogP contribution in [0.25, 0.3) is 0 Å². The number of methoxy groups -OCH3 is 1. The Morgan fingerprint density at radius 2 is 1.84 bits per heavy atom. The monoisotopic (exact) mass is 351 g/mol. The van der Waals surface area contributed by atoms with Crippen molar-refractivity contribution in [2.24, 2.45) is 0 Å². The molecule has 1 N–H and O–H groups in total. The van der Waals surface area contributed by atoms with E-state index in [-0.39, 0.29) is 10.9 Å². The van der Waals surface area contributed by atoms with Gasteiger partial charge in [0.05, 0.1) is 29.3 Å². The molecule has 3 aromatic rings. The molecule has 1 aliphatic rings. The maximum Gasteiger partial charge on any atom is 0.342 e. The highest BCUT2D eigenvalue weighted by molar-refractivity contribution is 8.00. The molecular formula is C20H17NO3S. The van der Waals surface area contributed by atoms with Crippen molar-refractivity contribution in [3.05, 3.63) is 81.9 Å². The van der Waals surface area contributed by atoms with Crippen LogP contribution >= 0.6 is 11.8 Å². The Morgan fingerprint density at radius 1 is 1.08 bits per heavy atom. The molecule has 1 aliphatic heterocycles. The highest BCUT2D eigenvalue weighted by atomic mass is 32.2. The maximum absolute atomic E-state index is 12.7. The predicted octanol–water partition coefficient (Wildman–Crippen LogP) is 4.90. The van der Waals surface area contributed by atoms with Crippen LogP contribution in [0.5, 0.6) is 5.75 Å². The third-order valence-electron chi connectivity index (χ3n) is 4.19. The molecule has 126 valence electrons. The fraction of sp³-hybridized carbons (Fsp3) is 0.150. The summed E-state index contributed by atoms with van der Waals surface area (Å²) in [6, 6.07) is 17.8. The topological polar surface area (TPSA) is 51.5 Å². The van der Waals surface area contributed by atoms with Crippen LogP contribution < -0.4 is 15.7 Å². The molecule has 5 heteroatoms. The van der Waals surface area contributed by atoms with Gasteiger partial charge in [-0.2, -0.15) is 0 Å². The van der Waals surface area contributed by atoms with E-state index in [0.29, 0.717) is 11.3 Å². The summed E-state index contributed by atoms with van der Waals surface area (Å²) < 4.78 is 10.6. The number of ether oxygens (including phenoxy) is 1. The van der Waals surface area contributed by atoms with Crippen LogP contribution in [0.3, 0.4) is 0 Å². The standard InChI is InChI=1S/C20H17NO3S/c1-12-11-16-18(20(22)24-12)19(13-7-9-14(23-2)10-8-13)25-17-6-4-3-5-15(17)21-16/h3-11,19,21H,1-2H3/t19-/m0/s1. The lowest BCUT2D eigenvalue weighted by molar-refractivity contribution is 0.414. The van der Waals surface area contributed by atoms with Crippen molar-refractivity contribution in [1.82, 2.24) is 0 Å². The van der Waals surface area contributed by atoms with E-state index in [2.05, 4.69) is 11.4 Å². The second-order valence-corrected chi connectivity index (χ2v) is 7.01. The van der Waals surface area contributed by atoms with E-state index < -0.39 is 0 Å².